The Kier molecular flexibility index (Phi) is 3.99. The summed E-state index contributed by atoms with van der Waals surface area (Å²) < 4.78 is 0. The number of nitro groups is 1. The minimum absolute atomic E-state index is 0.00797. The molecule has 0 amide bonds. The van der Waals surface area contributed by atoms with E-state index in [0.29, 0.717) is 11.4 Å². The van der Waals surface area contributed by atoms with Crippen molar-refractivity contribution in [3.8, 4) is 0 Å². The van der Waals surface area contributed by atoms with E-state index < -0.39 is 4.92 Å². The van der Waals surface area contributed by atoms with Crippen molar-refractivity contribution in [1.82, 2.24) is 0 Å². The predicted octanol–water partition coefficient (Wildman–Crippen LogP) is 2.48. The average molecular weight is 250 g/mol. The molecule has 2 rings (SSSR count). The largest absolute Gasteiger partial charge is 0.379 e. The van der Waals surface area contributed by atoms with Gasteiger partial charge in [-0.15, -0.1) is 0 Å². The highest BCUT2D eigenvalue weighted by molar-refractivity contribution is 5.75. The molecule has 1 saturated carbocycles. The van der Waals surface area contributed by atoms with Crippen molar-refractivity contribution in [2.75, 3.05) is 17.3 Å². The molecule has 0 unspecified atom stereocenters. The lowest BCUT2D eigenvalue weighted by Gasteiger charge is -2.25. The lowest BCUT2D eigenvalue weighted by Crippen LogP contribution is -2.16. The van der Waals surface area contributed by atoms with Crippen LogP contribution in [0.2, 0.25) is 0 Å². The van der Waals surface area contributed by atoms with Crippen molar-refractivity contribution >= 4 is 17.1 Å². The summed E-state index contributed by atoms with van der Waals surface area (Å²) in [5.74, 6) is 6.07. The highest BCUT2D eigenvalue weighted by atomic mass is 16.6. The number of hydrazine groups is 1. The van der Waals surface area contributed by atoms with Crippen molar-refractivity contribution in [2.24, 2.45) is 11.8 Å². The number of hydrogen-bond donors (Lipinski definition) is 3. The smallest absolute Gasteiger partial charge is 0.316 e. The summed E-state index contributed by atoms with van der Waals surface area (Å²) in [6, 6.07) is 5.04. The van der Waals surface area contributed by atoms with Crippen LogP contribution in [0, 0.1) is 16.0 Å². The summed E-state index contributed by atoms with van der Waals surface area (Å²) >= 11 is 0. The van der Waals surface area contributed by atoms with Crippen LogP contribution in [0.5, 0.6) is 0 Å². The van der Waals surface area contributed by atoms with Crippen LogP contribution in [0.25, 0.3) is 0 Å². The Balaban J connectivity index is 2.03. The van der Waals surface area contributed by atoms with E-state index in [9.17, 15) is 10.1 Å². The number of nitrogens with one attached hydrogen (secondary N) is 2. The first-order valence-corrected chi connectivity index (χ1v) is 6.20. The van der Waals surface area contributed by atoms with Crippen LogP contribution in [0.4, 0.5) is 17.1 Å². The average Bonchev–Trinajstić information content (AvgIpc) is 2.31. The number of nitro benzene ring substituents is 1. The third kappa shape index (κ3) is 2.70. The normalized spacial score (nSPS) is 14.9. The third-order valence-electron chi connectivity index (χ3n) is 3.47. The summed E-state index contributed by atoms with van der Waals surface area (Å²) in [5.41, 5.74) is 3.22. The number of benzene rings is 1. The molecule has 0 aliphatic heterocycles. The van der Waals surface area contributed by atoms with Crippen LogP contribution in [0.15, 0.2) is 18.2 Å². The summed E-state index contributed by atoms with van der Waals surface area (Å²) in [5, 5.41) is 14.2. The fraction of sp³-hybridized carbons (Fsp3) is 0.500. The number of anilines is 2. The molecule has 0 saturated heterocycles. The van der Waals surface area contributed by atoms with Crippen LogP contribution in [0.3, 0.4) is 0 Å². The molecule has 0 aromatic heterocycles. The SMILES string of the molecule is NNc1cccc(NCCC2CCC2)c1[N+](=O)[O-]. The van der Waals surface area contributed by atoms with Gasteiger partial charge in [0.05, 0.1) is 4.92 Å². The molecule has 18 heavy (non-hydrogen) atoms. The molecule has 6 nitrogen and oxygen atoms in total. The minimum Gasteiger partial charge on any atom is -0.379 e. The molecule has 0 heterocycles. The van der Waals surface area contributed by atoms with Gasteiger partial charge in [0.25, 0.3) is 0 Å². The second kappa shape index (κ2) is 5.68. The quantitative estimate of drug-likeness (QED) is 0.409. The van der Waals surface area contributed by atoms with Gasteiger partial charge in [-0.1, -0.05) is 25.3 Å². The van der Waals surface area contributed by atoms with E-state index in [0.717, 1.165) is 18.9 Å². The maximum atomic E-state index is 11.0. The lowest BCUT2D eigenvalue weighted by atomic mass is 9.83. The Bertz CT molecular complexity index is 432. The predicted molar refractivity (Wildman–Crippen MR) is 71.4 cm³/mol. The van der Waals surface area contributed by atoms with E-state index in [1.807, 2.05) is 0 Å². The van der Waals surface area contributed by atoms with Gasteiger partial charge in [-0.25, -0.2) is 0 Å². The number of nitrogens with zero attached hydrogens (tertiary/aromatic N) is 1. The Labute approximate surface area is 106 Å². The fourth-order valence-electron chi connectivity index (χ4n) is 2.19. The molecular formula is C12H18N4O2. The first-order valence-electron chi connectivity index (χ1n) is 6.20. The van der Waals surface area contributed by atoms with Gasteiger partial charge in [0.2, 0.25) is 0 Å². The molecule has 0 radical (unpaired) electrons. The zero-order valence-corrected chi connectivity index (χ0v) is 10.2. The monoisotopic (exact) mass is 250 g/mol. The van der Waals surface area contributed by atoms with Crippen molar-refractivity contribution in [1.29, 1.82) is 0 Å². The molecule has 1 aromatic rings. The van der Waals surface area contributed by atoms with Gasteiger partial charge < -0.3 is 10.7 Å². The van der Waals surface area contributed by atoms with Crippen LogP contribution < -0.4 is 16.6 Å². The Hall–Kier alpha value is -1.82. The topological polar surface area (TPSA) is 93.2 Å². The lowest BCUT2D eigenvalue weighted by molar-refractivity contribution is -0.383. The Morgan fingerprint density at radius 2 is 2.11 bits per heavy atom. The van der Waals surface area contributed by atoms with Gasteiger partial charge >= 0.3 is 5.69 Å². The van der Waals surface area contributed by atoms with Gasteiger partial charge in [0.1, 0.15) is 11.4 Å². The number of rotatable bonds is 6. The van der Waals surface area contributed by atoms with Gasteiger partial charge in [0, 0.05) is 6.54 Å². The molecule has 1 aliphatic rings. The van der Waals surface area contributed by atoms with Crippen molar-refractivity contribution in [3.05, 3.63) is 28.3 Å². The highest BCUT2D eigenvalue weighted by Gasteiger charge is 2.20. The van der Waals surface area contributed by atoms with Crippen molar-refractivity contribution in [2.45, 2.75) is 25.7 Å². The molecule has 6 heteroatoms. The van der Waals surface area contributed by atoms with Gasteiger partial charge in [0.15, 0.2) is 0 Å². The minimum atomic E-state index is -0.416. The van der Waals surface area contributed by atoms with E-state index >= 15 is 0 Å². The summed E-state index contributed by atoms with van der Waals surface area (Å²) in [7, 11) is 0. The molecule has 0 atom stereocenters. The van der Waals surface area contributed by atoms with E-state index in [2.05, 4.69) is 10.7 Å². The van der Waals surface area contributed by atoms with Crippen LogP contribution in [-0.4, -0.2) is 11.5 Å². The third-order valence-corrected chi connectivity index (χ3v) is 3.47. The maximum Gasteiger partial charge on any atom is 0.316 e. The fourth-order valence-corrected chi connectivity index (χ4v) is 2.19. The number of para-hydroxylation sites is 1. The number of nitrogens with two attached hydrogens (primary N) is 1. The first kappa shape index (κ1) is 12.6. The van der Waals surface area contributed by atoms with Crippen LogP contribution >= 0.6 is 0 Å². The molecule has 1 aliphatic carbocycles. The zero-order chi connectivity index (χ0) is 13.0. The highest BCUT2D eigenvalue weighted by Crippen LogP contribution is 2.33. The second-order valence-corrected chi connectivity index (χ2v) is 4.62. The molecule has 0 bridgehead atoms. The standard InChI is InChI=1S/C12H18N4O2/c13-15-11-6-2-5-10(12(11)16(17)18)14-8-7-9-3-1-4-9/h2,5-6,9,14-15H,1,3-4,7-8,13H2. The van der Waals surface area contributed by atoms with E-state index in [4.69, 9.17) is 5.84 Å². The molecule has 1 fully saturated rings. The van der Waals surface area contributed by atoms with E-state index in [1.54, 1.807) is 18.2 Å². The Morgan fingerprint density at radius 1 is 1.39 bits per heavy atom. The first-order chi connectivity index (χ1) is 8.72. The van der Waals surface area contributed by atoms with Crippen LogP contribution in [-0.2, 0) is 0 Å². The molecule has 4 N–H and O–H groups in total. The molecule has 98 valence electrons. The van der Waals surface area contributed by atoms with E-state index in [-0.39, 0.29) is 5.69 Å². The summed E-state index contributed by atoms with van der Waals surface area (Å²) in [6.07, 6.45) is 4.96. The van der Waals surface area contributed by atoms with Crippen molar-refractivity contribution in [3.63, 3.8) is 0 Å². The van der Waals surface area contributed by atoms with Crippen molar-refractivity contribution < 1.29 is 4.92 Å². The molecular weight excluding hydrogens is 232 g/mol. The molecule has 1 aromatic carbocycles. The maximum absolute atomic E-state index is 11.0. The summed E-state index contributed by atoms with van der Waals surface area (Å²) in [6.45, 7) is 0.763. The number of hydrogen-bond acceptors (Lipinski definition) is 5. The van der Waals surface area contributed by atoms with Gasteiger partial charge in [-0.2, -0.15) is 0 Å². The molecule has 0 spiro atoms. The zero-order valence-electron chi connectivity index (χ0n) is 10.2. The Morgan fingerprint density at radius 3 is 2.67 bits per heavy atom. The van der Waals surface area contributed by atoms with E-state index in [1.165, 1.54) is 19.3 Å². The number of nitrogen functional groups attached to an aromatic ring is 1. The second-order valence-electron chi connectivity index (χ2n) is 4.62. The van der Waals surface area contributed by atoms with Gasteiger partial charge in [-0.3, -0.25) is 16.0 Å². The van der Waals surface area contributed by atoms with Crippen LogP contribution in [0.1, 0.15) is 25.7 Å². The van der Waals surface area contributed by atoms with Gasteiger partial charge in [-0.05, 0) is 24.5 Å². The summed E-state index contributed by atoms with van der Waals surface area (Å²) in [4.78, 5) is 10.6.